The Labute approximate surface area is 177 Å². The summed E-state index contributed by atoms with van der Waals surface area (Å²) < 4.78 is 5.49. The van der Waals surface area contributed by atoms with Crippen molar-refractivity contribution in [2.75, 3.05) is 6.54 Å². The summed E-state index contributed by atoms with van der Waals surface area (Å²) in [6.45, 7) is 0.981. The first-order valence-electron chi connectivity index (χ1n) is 10.7. The molecule has 0 saturated heterocycles. The van der Waals surface area contributed by atoms with Crippen LogP contribution in [0.4, 0.5) is 0 Å². The predicted octanol–water partition coefficient (Wildman–Crippen LogP) is 5.12. The minimum atomic E-state index is -0.0999. The van der Waals surface area contributed by atoms with Gasteiger partial charge in [0.2, 0.25) is 0 Å². The van der Waals surface area contributed by atoms with Gasteiger partial charge in [-0.15, -0.1) is 0 Å². The van der Waals surface area contributed by atoms with Gasteiger partial charge in [-0.2, -0.15) is 0 Å². The molecule has 3 aromatic carbocycles. The summed E-state index contributed by atoms with van der Waals surface area (Å²) in [5.74, 6) is 0.245. The summed E-state index contributed by atoms with van der Waals surface area (Å²) in [6, 6.07) is 23.5. The average molecular weight is 402 g/mol. The van der Waals surface area contributed by atoms with E-state index in [1.165, 1.54) is 0 Å². The van der Waals surface area contributed by atoms with Gasteiger partial charge in [0.15, 0.2) is 0 Å². The molecule has 1 aliphatic rings. The second kappa shape index (κ2) is 9.57. The van der Waals surface area contributed by atoms with Crippen LogP contribution in [0.5, 0.6) is 0 Å². The fourth-order valence-corrected chi connectivity index (χ4v) is 4.20. The summed E-state index contributed by atoms with van der Waals surface area (Å²) in [7, 11) is 0. The highest BCUT2D eigenvalue weighted by Crippen LogP contribution is 2.29. The fraction of sp³-hybridized carbons (Fsp3) is 0.308. The van der Waals surface area contributed by atoms with Gasteiger partial charge in [0.1, 0.15) is 6.61 Å². The first-order chi connectivity index (χ1) is 14.7. The highest BCUT2D eigenvalue weighted by Gasteiger charge is 2.27. The van der Waals surface area contributed by atoms with Crippen molar-refractivity contribution in [3.63, 3.8) is 0 Å². The molecule has 1 fully saturated rings. The molecule has 0 bridgehead atoms. The minimum Gasteiger partial charge on any atom is -0.461 e. The number of fused-ring (bicyclic) bond motifs is 1. The Kier molecular flexibility index (Phi) is 6.43. The summed E-state index contributed by atoms with van der Waals surface area (Å²) in [5, 5.41) is 5.14. The second-order valence-corrected chi connectivity index (χ2v) is 8.05. The van der Waals surface area contributed by atoms with Gasteiger partial charge >= 0.3 is 5.97 Å². The molecule has 3 aromatic rings. The smallest absolute Gasteiger partial charge is 0.309 e. The van der Waals surface area contributed by atoms with Crippen LogP contribution in [-0.2, 0) is 16.1 Å². The van der Waals surface area contributed by atoms with Gasteiger partial charge < -0.3 is 10.1 Å². The predicted molar refractivity (Wildman–Crippen MR) is 118 cm³/mol. The molecule has 1 saturated carbocycles. The van der Waals surface area contributed by atoms with E-state index in [0.717, 1.165) is 42.0 Å². The van der Waals surface area contributed by atoms with Crippen molar-refractivity contribution < 1.29 is 14.3 Å². The lowest BCUT2D eigenvalue weighted by atomic mass is 9.82. The Morgan fingerprint density at radius 3 is 2.33 bits per heavy atom. The van der Waals surface area contributed by atoms with Crippen molar-refractivity contribution in [1.82, 2.24) is 5.32 Å². The molecule has 0 aromatic heterocycles. The van der Waals surface area contributed by atoms with Crippen molar-refractivity contribution in [3.8, 4) is 0 Å². The number of rotatable bonds is 6. The number of benzene rings is 3. The lowest BCUT2D eigenvalue weighted by Gasteiger charge is -2.27. The van der Waals surface area contributed by atoms with E-state index in [-0.39, 0.29) is 17.8 Å². The van der Waals surface area contributed by atoms with E-state index in [0.29, 0.717) is 24.6 Å². The molecular formula is C26H27NO3. The maximum absolute atomic E-state index is 12.7. The number of nitrogens with one attached hydrogen (secondary N) is 1. The molecule has 0 atom stereocenters. The van der Waals surface area contributed by atoms with Crippen LogP contribution in [0.2, 0.25) is 0 Å². The standard InChI is InChI=1S/C26H27NO3/c28-25(24-12-6-10-21-9-4-5-11-23(21)24)27-17-19-13-15-22(16-14-19)26(29)30-18-20-7-2-1-3-8-20/h1-12,19,22H,13-18H2,(H,27,28). The van der Waals surface area contributed by atoms with Gasteiger partial charge in [0.05, 0.1) is 5.92 Å². The Hall–Kier alpha value is -3.14. The average Bonchev–Trinajstić information content (AvgIpc) is 2.81. The van der Waals surface area contributed by atoms with Crippen LogP contribution in [0, 0.1) is 11.8 Å². The molecular weight excluding hydrogens is 374 g/mol. The van der Waals surface area contributed by atoms with E-state index >= 15 is 0 Å². The zero-order valence-corrected chi connectivity index (χ0v) is 17.1. The molecule has 4 nitrogen and oxygen atoms in total. The van der Waals surface area contributed by atoms with Crippen molar-refractivity contribution >= 4 is 22.6 Å². The molecule has 1 amide bonds. The van der Waals surface area contributed by atoms with Crippen LogP contribution >= 0.6 is 0 Å². The number of carbonyl (C=O) groups excluding carboxylic acids is 2. The lowest BCUT2D eigenvalue weighted by molar-refractivity contribution is -0.151. The minimum absolute atomic E-state index is 0.0290. The van der Waals surface area contributed by atoms with Crippen LogP contribution in [0.3, 0.4) is 0 Å². The maximum Gasteiger partial charge on any atom is 0.309 e. The van der Waals surface area contributed by atoms with Crippen molar-refractivity contribution in [2.24, 2.45) is 11.8 Å². The van der Waals surface area contributed by atoms with Gasteiger partial charge in [0, 0.05) is 12.1 Å². The molecule has 4 rings (SSSR count). The number of esters is 1. The van der Waals surface area contributed by atoms with Gasteiger partial charge in [-0.25, -0.2) is 0 Å². The molecule has 1 N–H and O–H groups in total. The number of hydrogen-bond donors (Lipinski definition) is 1. The SMILES string of the molecule is O=C(NCC1CCC(C(=O)OCc2ccccc2)CC1)c1cccc2ccccc12. The molecule has 4 heteroatoms. The third-order valence-electron chi connectivity index (χ3n) is 5.99. The van der Waals surface area contributed by atoms with E-state index in [2.05, 4.69) is 5.32 Å². The van der Waals surface area contributed by atoms with Crippen molar-refractivity contribution in [3.05, 3.63) is 83.9 Å². The molecule has 1 aliphatic carbocycles. The molecule has 0 unspecified atom stereocenters. The van der Waals surface area contributed by atoms with Gasteiger partial charge in [-0.3, -0.25) is 9.59 Å². The number of amides is 1. The normalized spacial score (nSPS) is 18.7. The molecule has 0 aliphatic heterocycles. The zero-order chi connectivity index (χ0) is 20.8. The van der Waals surface area contributed by atoms with E-state index < -0.39 is 0 Å². The van der Waals surface area contributed by atoms with E-state index in [1.54, 1.807) is 0 Å². The topological polar surface area (TPSA) is 55.4 Å². The Balaban J connectivity index is 1.24. The van der Waals surface area contributed by atoms with Gasteiger partial charge in [0.25, 0.3) is 5.91 Å². The maximum atomic E-state index is 12.7. The molecule has 0 radical (unpaired) electrons. The monoisotopic (exact) mass is 401 g/mol. The van der Waals surface area contributed by atoms with Crippen LogP contribution in [0.15, 0.2) is 72.8 Å². The van der Waals surface area contributed by atoms with Gasteiger partial charge in [-0.1, -0.05) is 66.7 Å². The first-order valence-corrected chi connectivity index (χ1v) is 10.7. The van der Waals surface area contributed by atoms with E-state index in [9.17, 15) is 9.59 Å². The Morgan fingerprint density at radius 1 is 0.833 bits per heavy atom. The third-order valence-corrected chi connectivity index (χ3v) is 5.99. The largest absolute Gasteiger partial charge is 0.461 e. The second-order valence-electron chi connectivity index (χ2n) is 8.05. The highest BCUT2D eigenvalue weighted by atomic mass is 16.5. The Bertz CT molecular complexity index is 1000. The van der Waals surface area contributed by atoms with E-state index in [1.807, 2.05) is 72.8 Å². The summed E-state index contributed by atoms with van der Waals surface area (Å²) in [5.41, 5.74) is 1.72. The highest BCUT2D eigenvalue weighted by molar-refractivity contribution is 6.06. The fourth-order valence-electron chi connectivity index (χ4n) is 4.20. The van der Waals surface area contributed by atoms with Gasteiger partial charge in [-0.05, 0) is 54.0 Å². The van der Waals surface area contributed by atoms with E-state index in [4.69, 9.17) is 4.74 Å². The lowest BCUT2D eigenvalue weighted by Crippen LogP contribution is -2.32. The first kappa shape index (κ1) is 20.1. The van der Waals surface area contributed by atoms with Crippen molar-refractivity contribution in [2.45, 2.75) is 32.3 Å². The quantitative estimate of drug-likeness (QED) is 0.583. The van der Waals surface area contributed by atoms with Crippen LogP contribution in [0.1, 0.15) is 41.6 Å². The molecule has 30 heavy (non-hydrogen) atoms. The number of ether oxygens (including phenoxy) is 1. The molecule has 0 spiro atoms. The van der Waals surface area contributed by atoms with Crippen molar-refractivity contribution in [1.29, 1.82) is 0 Å². The summed E-state index contributed by atoms with van der Waals surface area (Å²) in [4.78, 5) is 25.1. The van der Waals surface area contributed by atoms with Crippen LogP contribution in [0.25, 0.3) is 10.8 Å². The zero-order valence-electron chi connectivity index (χ0n) is 17.1. The van der Waals surface area contributed by atoms with Crippen LogP contribution < -0.4 is 5.32 Å². The molecule has 154 valence electrons. The third kappa shape index (κ3) is 4.88. The number of hydrogen-bond acceptors (Lipinski definition) is 3. The summed E-state index contributed by atoms with van der Waals surface area (Å²) >= 11 is 0. The summed E-state index contributed by atoms with van der Waals surface area (Å²) in [6.07, 6.45) is 3.51. The number of carbonyl (C=O) groups is 2. The van der Waals surface area contributed by atoms with Crippen LogP contribution in [-0.4, -0.2) is 18.4 Å². The molecule has 0 heterocycles. The Morgan fingerprint density at radius 2 is 1.53 bits per heavy atom.